The Hall–Kier alpha value is -1.01. The lowest BCUT2D eigenvalue weighted by Crippen LogP contribution is -2.01. The van der Waals surface area contributed by atoms with Crippen LogP contribution in [-0.4, -0.2) is 23.4 Å². The molecule has 1 aromatic carbocycles. The summed E-state index contributed by atoms with van der Waals surface area (Å²) in [5.41, 5.74) is 4.84. The first-order chi connectivity index (χ1) is 7.91. The Kier molecular flexibility index (Phi) is 7.65. The lowest BCUT2D eigenvalue weighted by atomic mass is 10.3. The average molecular weight is 278 g/mol. The molecule has 96 valence electrons. The van der Waals surface area contributed by atoms with Gasteiger partial charge in [-0.2, -0.15) is 0 Å². The number of phosphoric ester groups is 1. The number of rotatable bonds is 3. The van der Waals surface area contributed by atoms with E-state index in [0.717, 1.165) is 7.11 Å². The second-order valence-corrected chi connectivity index (χ2v) is 4.96. The number of phosphoric acid groups is 1. The van der Waals surface area contributed by atoms with Crippen molar-refractivity contribution in [2.24, 2.45) is 5.73 Å². The summed E-state index contributed by atoms with van der Waals surface area (Å²) < 4.78 is 19.7. The van der Waals surface area contributed by atoms with Gasteiger partial charge in [0.1, 0.15) is 5.75 Å². The summed E-state index contributed by atoms with van der Waals surface area (Å²) in [5, 5.41) is 6.66. The number of thioether (sulfide) groups is 1. The fourth-order valence-corrected chi connectivity index (χ4v) is 1.11. The summed E-state index contributed by atoms with van der Waals surface area (Å²) in [6.45, 7) is 0. The quantitative estimate of drug-likeness (QED) is 0.444. The molecular formula is C9H15N2O4PS. The van der Waals surface area contributed by atoms with Gasteiger partial charge in [-0.25, -0.2) is 4.57 Å². The number of hydrogen-bond donors (Lipinski definition) is 3. The molecule has 17 heavy (non-hydrogen) atoms. The Balaban J connectivity index is 0.000000437. The van der Waals surface area contributed by atoms with Crippen LogP contribution in [0.15, 0.2) is 30.3 Å². The first-order valence-corrected chi connectivity index (χ1v) is 7.14. The highest BCUT2D eigenvalue weighted by molar-refractivity contribution is 8.13. The van der Waals surface area contributed by atoms with Gasteiger partial charge in [0.05, 0.1) is 0 Å². The predicted octanol–water partition coefficient (Wildman–Crippen LogP) is 2.06. The van der Waals surface area contributed by atoms with Crippen molar-refractivity contribution in [3.8, 4) is 5.75 Å². The van der Waals surface area contributed by atoms with Gasteiger partial charge in [-0.15, -0.1) is 0 Å². The Morgan fingerprint density at radius 1 is 1.47 bits per heavy atom. The number of benzene rings is 1. The van der Waals surface area contributed by atoms with Crippen LogP contribution in [0.25, 0.3) is 0 Å². The van der Waals surface area contributed by atoms with Gasteiger partial charge in [-0.1, -0.05) is 30.0 Å². The summed E-state index contributed by atoms with van der Waals surface area (Å²) in [6, 6.07) is 8.32. The molecule has 1 aromatic rings. The molecule has 0 saturated heterocycles. The van der Waals surface area contributed by atoms with E-state index < -0.39 is 7.82 Å². The number of para-hydroxylation sites is 1. The normalized spacial score (nSPS) is 12.9. The van der Waals surface area contributed by atoms with Crippen LogP contribution in [0.4, 0.5) is 0 Å². The summed E-state index contributed by atoms with van der Waals surface area (Å²) >= 11 is 1.24. The third-order valence-corrected chi connectivity index (χ3v) is 2.76. The topological polar surface area (TPSA) is 106 Å². The number of amidine groups is 1. The van der Waals surface area contributed by atoms with Crippen LogP contribution in [-0.2, 0) is 9.09 Å². The van der Waals surface area contributed by atoms with Crippen molar-refractivity contribution < 1.29 is 18.5 Å². The van der Waals surface area contributed by atoms with Crippen LogP contribution < -0.4 is 10.3 Å². The van der Waals surface area contributed by atoms with Gasteiger partial charge in [-0.05, 0) is 18.4 Å². The van der Waals surface area contributed by atoms with Crippen molar-refractivity contribution in [3.05, 3.63) is 30.3 Å². The van der Waals surface area contributed by atoms with Gasteiger partial charge in [0.25, 0.3) is 0 Å². The summed E-state index contributed by atoms with van der Waals surface area (Å²) in [5.74, 6) is 0.310. The van der Waals surface area contributed by atoms with E-state index >= 15 is 0 Å². The number of hydrogen-bond acceptors (Lipinski definition) is 5. The van der Waals surface area contributed by atoms with E-state index in [1.54, 1.807) is 36.6 Å². The minimum Gasteiger partial charge on any atom is -0.404 e. The first kappa shape index (κ1) is 16.0. The fraction of sp³-hybridized carbons (Fsp3) is 0.222. The van der Waals surface area contributed by atoms with Gasteiger partial charge in [0.2, 0.25) is 0 Å². The molecule has 0 aliphatic rings. The van der Waals surface area contributed by atoms with Gasteiger partial charge >= 0.3 is 7.82 Å². The maximum absolute atomic E-state index is 10.9. The molecular weight excluding hydrogens is 263 g/mol. The molecule has 0 aliphatic heterocycles. The smallest absolute Gasteiger partial charge is 0.404 e. The molecule has 0 heterocycles. The first-order valence-electron chi connectivity index (χ1n) is 4.42. The molecule has 0 saturated carbocycles. The molecule has 0 amide bonds. The molecule has 8 heteroatoms. The van der Waals surface area contributed by atoms with Crippen molar-refractivity contribution in [2.75, 3.05) is 13.4 Å². The molecule has 1 rings (SSSR count). The molecule has 0 bridgehead atoms. The maximum Gasteiger partial charge on any atom is 0.527 e. The zero-order valence-electron chi connectivity index (χ0n) is 9.49. The Labute approximate surface area is 104 Å². The molecule has 4 N–H and O–H groups in total. The molecule has 0 aromatic heterocycles. The molecule has 0 aliphatic carbocycles. The zero-order chi connectivity index (χ0) is 13.3. The highest BCUT2D eigenvalue weighted by atomic mass is 32.2. The second-order valence-electron chi connectivity index (χ2n) is 2.62. The van der Waals surface area contributed by atoms with E-state index in [-0.39, 0.29) is 5.17 Å². The molecule has 1 unspecified atom stereocenters. The minimum absolute atomic E-state index is 0.171. The van der Waals surface area contributed by atoms with Gasteiger partial charge in [0.15, 0.2) is 5.17 Å². The van der Waals surface area contributed by atoms with Crippen molar-refractivity contribution in [2.45, 2.75) is 0 Å². The molecule has 1 atom stereocenters. The fourth-order valence-electron chi connectivity index (χ4n) is 0.652. The standard InChI is InChI=1S/C7H9O4P.C2H6N2S/c1-10-12(8,9)11-7-5-3-2-4-6-7;1-5-2(3)4/h2-6H,1H3,(H,8,9);1H3,(H3,3,4). The van der Waals surface area contributed by atoms with Crippen LogP contribution >= 0.6 is 19.6 Å². The van der Waals surface area contributed by atoms with Crippen LogP contribution in [0, 0.1) is 5.41 Å². The van der Waals surface area contributed by atoms with E-state index in [4.69, 9.17) is 16.0 Å². The summed E-state index contributed by atoms with van der Waals surface area (Å²) in [6.07, 6.45) is 1.77. The summed E-state index contributed by atoms with van der Waals surface area (Å²) in [7, 11) is -2.78. The maximum atomic E-state index is 10.9. The van der Waals surface area contributed by atoms with Crippen LogP contribution in [0.1, 0.15) is 0 Å². The van der Waals surface area contributed by atoms with Crippen LogP contribution in [0.5, 0.6) is 5.75 Å². The van der Waals surface area contributed by atoms with Crippen LogP contribution in [0.2, 0.25) is 0 Å². The molecule has 0 fully saturated rings. The lowest BCUT2D eigenvalue weighted by molar-refractivity contribution is 0.243. The second kappa shape index (κ2) is 8.14. The van der Waals surface area contributed by atoms with Crippen molar-refractivity contribution >= 4 is 24.8 Å². The highest BCUT2D eigenvalue weighted by Gasteiger charge is 2.19. The largest absolute Gasteiger partial charge is 0.527 e. The van der Waals surface area contributed by atoms with Crippen molar-refractivity contribution in [3.63, 3.8) is 0 Å². The monoisotopic (exact) mass is 278 g/mol. The van der Waals surface area contributed by atoms with Gasteiger partial charge in [0, 0.05) is 7.11 Å². The minimum atomic E-state index is -3.90. The Morgan fingerprint density at radius 3 is 2.29 bits per heavy atom. The van der Waals surface area contributed by atoms with E-state index in [2.05, 4.69) is 9.05 Å². The number of nitrogens with two attached hydrogens (primary N) is 1. The van der Waals surface area contributed by atoms with E-state index in [0.29, 0.717) is 5.75 Å². The molecule has 0 radical (unpaired) electrons. The van der Waals surface area contributed by atoms with Crippen molar-refractivity contribution in [1.82, 2.24) is 0 Å². The highest BCUT2D eigenvalue weighted by Crippen LogP contribution is 2.42. The molecule has 6 nitrogen and oxygen atoms in total. The van der Waals surface area contributed by atoms with Crippen LogP contribution in [0.3, 0.4) is 0 Å². The third kappa shape index (κ3) is 8.76. The number of nitrogens with one attached hydrogen (secondary N) is 1. The third-order valence-electron chi connectivity index (χ3n) is 1.41. The lowest BCUT2D eigenvalue weighted by Gasteiger charge is -2.09. The summed E-state index contributed by atoms with van der Waals surface area (Å²) in [4.78, 5) is 8.89. The predicted molar refractivity (Wildman–Crippen MR) is 69.3 cm³/mol. The van der Waals surface area contributed by atoms with Crippen molar-refractivity contribution in [1.29, 1.82) is 5.41 Å². The SMILES string of the molecule is COP(=O)(O)Oc1ccccc1.CSC(=N)N. The van der Waals surface area contributed by atoms with E-state index in [1.165, 1.54) is 11.8 Å². The Morgan fingerprint density at radius 2 is 1.94 bits per heavy atom. The average Bonchev–Trinajstić information content (AvgIpc) is 2.30. The zero-order valence-corrected chi connectivity index (χ0v) is 11.2. The van der Waals surface area contributed by atoms with Gasteiger partial charge < -0.3 is 10.3 Å². The molecule has 0 spiro atoms. The van der Waals surface area contributed by atoms with E-state index in [1.807, 2.05) is 0 Å². The van der Waals surface area contributed by atoms with Gasteiger partial charge in [-0.3, -0.25) is 14.8 Å². The van der Waals surface area contributed by atoms with E-state index in [9.17, 15) is 4.57 Å². The Bertz CT molecular complexity index is 388.